The minimum absolute atomic E-state index is 0.149. The van der Waals surface area contributed by atoms with Crippen LogP contribution in [0, 0.1) is 0 Å². The summed E-state index contributed by atoms with van der Waals surface area (Å²) < 4.78 is 6.50. The van der Waals surface area contributed by atoms with E-state index in [1.54, 1.807) is 0 Å². The molecule has 0 radical (unpaired) electrons. The Bertz CT molecular complexity index is 839. The monoisotopic (exact) mass is 390 g/mol. The van der Waals surface area contributed by atoms with Gasteiger partial charge in [0.2, 0.25) is 0 Å². The van der Waals surface area contributed by atoms with Gasteiger partial charge in [-0.15, -0.1) is 0 Å². The molecule has 1 aliphatic heterocycles. The van der Waals surface area contributed by atoms with Crippen molar-refractivity contribution in [3.8, 4) is 5.75 Å². The quantitative estimate of drug-likeness (QED) is 0.472. The minimum atomic E-state index is -1.76. The van der Waals surface area contributed by atoms with Crippen LogP contribution in [0.4, 0.5) is 0 Å². The molecular weight excluding hydrogens is 356 g/mol. The molecule has 1 heterocycles. The SMILES string of the molecule is C=C1/C(=C/[Si](C(C)C)(C(C)C)C(C)C)Oc2ccccc2C1c1ccccc1. The highest BCUT2D eigenvalue weighted by atomic mass is 28.3. The molecule has 28 heavy (non-hydrogen) atoms. The lowest BCUT2D eigenvalue weighted by Crippen LogP contribution is -2.43. The van der Waals surface area contributed by atoms with Gasteiger partial charge in [0.1, 0.15) is 11.5 Å². The Morgan fingerprint density at radius 2 is 1.36 bits per heavy atom. The maximum Gasteiger partial charge on any atom is 0.131 e. The zero-order valence-electron chi connectivity index (χ0n) is 18.2. The topological polar surface area (TPSA) is 9.23 Å². The summed E-state index contributed by atoms with van der Waals surface area (Å²) in [5, 5.41) is 0. The molecular formula is C26H34OSi. The number of rotatable bonds is 5. The maximum atomic E-state index is 6.50. The average molecular weight is 391 g/mol. The van der Waals surface area contributed by atoms with E-state index in [-0.39, 0.29) is 5.92 Å². The van der Waals surface area contributed by atoms with Crippen LogP contribution in [0.1, 0.15) is 58.6 Å². The normalized spacial score (nSPS) is 18.7. The van der Waals surface area contributed by atoms with Crippen LogP contribution in [-0.4, -0.2) is 8.07 Å². The minimum Gasteiger partial charge on any atom is -0.457 e. The maximum absolute atomic E-state index is 6.50. The van der Waals surface area contributed by atoms with Gasteiger partial charge < -0.3 is 4.74 Å². The van der Waals surface area contributed by atoms with E-state index >= 15 is 0 Å². The van der Waals surface area contributed by atoms with Crippen molar-refractivity contribution in [2.24, 2.45) is 0 Å². The van der Waals surface area contributed by atoms with Gasteiger partial charge in [0.05, 0.1) is 8.07 Å². The molecule has 0 bridgehead atoms. The molecule has 2 aromatic rings. The van der Waals surface area contributed by atoms with Crippen molar-refractivity contribution in [2.45, 2.75) is 64.1 Å². The van der Waals surface area contributed by atoms with E-state index in [2.05, 4.69) is 108 Å². The standard InChI is InChI=1S/C26H34OSi/c1-18(2)28(19(3)4,20(5)6)17-25-21(7)26(22-13-9-8-10-14-22)23-15-11-12-16-24(23)27-25/h8-20,26H,7H2,1-6H3/b25-17-. The number of para-hydroxylation sites is 1. The Hall–Kier alpha value is -2.06. The fourth-order valence-corrected chi connectivity index (χ4v) is 10.9. The largest absolute Gasteiger partial charge is 0.457 e. The van der Waals surface area contributed by atoms with E-state index in [9.17, 15) is 0 Å². The molecule has 3 rings (SSSR count). The molecule has 0 spiro atoms. The van der Waals surface area contributed by atoms with Crippen molar-refractivity contribution in [1.29, 1.82) is 0 Å². The molecule has 0 N–H and O–H groups in total. The fourth-order valence-electron chi connectivity index (χ4n) is 5.20. The summed E-state index contributed by atoms with van der Waals surface area (Å²) in [6, 6.07) is 19.1. The molecule has 0 saturated carbocycles. The van der Waals surface area contributed by atoms with Crippen molar-refractivity contribution >= 4 is 8.07 Å². The zero-order chi connectivity index (χ0) is 20.5. The van der Waals surface area contributed by atoms with Gasteiger partial charge in [-0.3, -0.25) is 0 Å². The first kappa shape index (κ1) is 20.7. The molecule has 1 unspecified atom stereocenters. The van der Waals surface area contributed by atoms with Crippen LogP contribution >= 0.6 is 0 Å². The highest BCUT2D eigenvalue weighted by Gasteiger charge is 2.43. The second-order valence-corrected chi connectivity index (χ2v) is 14.7. The molecule has 1 nitrogen and oxygen atoms in total. The van der Waals surface area contributed by atoms with Crippen LogP contribution in [0.15, 0.2) is 78.2 Å². The number of fused-ring (bicyclic) bond motifs is 1. The van der Waals surface area contributed by atoms with E-state index in [0.717, 1.165) is 17.1 Å². The summed E-state index contributed by atoms with van der Waals surface area (Å²) in [5.41, 5.74) is 8.03. The molecule has 0 aromatic heterocycles. The van der Waals surface area contributed by atoms with Crippen molar-refractivity contribution in [3.05, 3.63) is 89.3 Å². The molecule has 1 atom stereocenters. The van der Waals surface area contributed by atoms with E-state index in [1.807, 2.05) is 0 Å². The molecule has 148 valence electrons. The first-order chi connectivity index (χ1) is 13.3. The molecule has 0 amide bonds. The van der Waals surface area contributed by atoms with Crippen LogP contribution in [0.3, 0.4) is 0 Å². The Balaban J connectivity index is 2.18. The number of ether oxygens (including phenoxy) is 1. The predicted molar refractivity (Wildman–Crippen MR) is 124 cm³/mol. The van der Waals surface area contributed by atoms with E-state index in [4.69, 9.17) is 4.74 Å². The highest BCUT2D eigenvalue weighted by molar-refractivity contribution is 6.88. The summed E-state index contributed by atoms with van der Waals surface area (Å²) >= 11 is 0. The van der Waals surface area contributed by atoms with E-state index in [1.165, 1.54) is 11.1 Å². The molecule has 0 saturated heterocycles. The summed E-state index contributed by atoms with van der Waals surface area (Å²) in [7, 11) is -1.76. The lowest BCUT2D eigenvalue weighted by Gasteiger charge is -2.42. The predicted octanol–water partition coefficient (Wildman–Crippen LogP) is 7.87. The number of allylic oxidation sites excluding steroid dienone is 1. The van der Waals surface area contributed by atoms with Crippen molar-refractivity contribution in [2.75, 3.05) is 0 Å². The van der Waals surface area contributed by atoms with E-state index in [0.29, 0.717) is 16.6 Å². The van der Waals surface area contributed by atoms with Crippen LogP contribution < -0.4 is 4.74 Å². The lowest BCUT2D eigenvalue weighted by atomic mass is 9.83. The Kier molecular flexibility index (Phi) is 6.00. The van der Waals surface area contributed by atoms with Crippen molar-refractivity contribution < 1.29 is 4.74 Å². The Labute approximate surface area is 172 Å². The van der Waals surface area contributed by atoms with Gasteiger partial charge in [-0.05, 0) is 33.8 Å². The summed E-state index contributed by atoms with van der Waals surface area (Å²) in [5.74, 6) is 2.11. The smallest absolute Gasteiger partial charge is 0.131 e. The van der Waals surface area contributed by atoms with Crippen LogP contribution in [0.2, 0.25) is 16.6 Å². The molecule has 0 aliphatic carbocycles. The summed E-state index contributed by atoms with van der Waals surface area (Å²) in [4.78, 5) is 0. The third kappa shape index (κ3) is 3.51. The number of hydrogen-bond acceptors (Lipinski definition) is 1. The highest BCUT2D eigenvalue weighted by Crippen LogP contribution is 2.48. The number of benzene rings is 2. The van der Waals surface area contributed by atoms with Gasteiger partial charge in [0.15, 0.2) is 0 Å². The van der Waals surface area contributed by atoms with Gasteiger partial charge in [0.25, 0.3) is 0 Å². The number of hydrogen-bond donors (Lipinski definition) is 0. The second-order valence-electron chi connectivity index (χ2n) is 8.98. The third-order valence-electron chi connectivity index (χ3n) is 6.63. The second kappa shape index (κ2) is 8.12. The zero-order valence-corrected chi connectivity index (χ0v) is 19.2. The van der Waals surface area contributed by atoms with Gasteiger partial charge >= 0.3 is 0 Å². The van der Waals surface area contributed by atoms with Crippen LogP contribution in [0.25, 0.3) is 0 Å². The molecule has 2 aromatic carbocycles. The third-order valence-corrected chi connectivity index (χ3v) is 13.4. The first-order valence-corrected chi connectivity index (χ1v) is 12.8. The van der Waals surface area contributed by atoms with Crippen molar-refractivity contribution in [1.82, 2.24) is 0 Å². The van der Waals surface area contributed by atoms with Gasteiger partial charge in [-0.1, -0.05) is 102 Å². The van der Waals surface area contributed by atoms with Gasteiger partial charge in [-0.25, -0.2) is 0 Å². The Morgan fingerprint density at radius 3 is 1.93 bits per heavy atom. The summed E-state index contributed by atoms with van der Waals surface area (Å²) in [6.07, 6.45) is 0. The lowest BCUT2D eigenvalue weighted by molar-refractivity contribution is 0.408. The molecule has 0 fully saturated rings. The Morgan fingerprint density at radius 1 is 0.821 bits per heavy atom. The average Bonchev–Trinajstić information content (AvgIpc) is 2.66. The molecule has 2 heteroatoms. The fraction of sp³-hybridized carbons (Fsp3) is 0.385. The molecule has 1 aliphatic rings. The van der Waals surface area contributed by atoms with Crippen LogP contribution in [-0.2, 0) is 0 Å². The van der Waals surface area contributed by atoms with Crippen LogP contribution in [0.5, 0.6) is 5.75 Å². The van der Waals surface area contributed by atoms with Gasteiger partial charge in [0, 0.05) is 11.5 Å². The first-order valence-electron chi connectivity index (χ1n) is 10.5. The van der Waals surface area contributed by atoms with Crippen molar-refractivity contribution in [3.63, 3.8) is 0 Å². The van der Waals surface area contributed by atoms with Gasteiger partial charge in [-0.2, -0.15) is 0 Å². The summed E-state index contributed by atoms with van der Waals surface area (Å²) in [6.45, 7) is 18.9. The van der Waals surface area contributed by atoms with E-state index < -0.39 is 8.07 Å².